The van der Waals surface area contributed by atoms with Crippen molar-refractivity contribution < 1.29 is 18.7 Å². The summed E-state index contributed by atoms with van der Waals surface area (Å²) < 4.78 is 10.8. The molecule has 0 radical (unpaired) electrons. The van der Waals surface area contributed by atoms with Gasteiger partial charge in [-0.2, -0.15) is 0 Å². The highest BCUT2D eigenvalue weighted by molar-refractivity contribution is 9.10. The summed E-state index contributed by atoms with van der Waals surface area (Å²) in [6.45, 7) is 1.48. The van der Waals surface area contributed by atoms with E-state index >= 15 is 0 Å². The van der Waals surface area contributed by atoms with E-state index in [2.05, 4.69) is 21.2 Å². The molecule has 0 bridgehead atoms. The van der Waals surface area contributed by atoms with Crippen molar-refractivity contribution in [3.8, 4) is 0 Å². The van der Waals surface area contributed by atoms with E-state index in [9.17, 15) is 9.59 Å². The molecule has 2 rings (SSSR count). The molecular formula is C16H13BrClNO4. The van der Waals surface area contributed by atoms with Gasteiger partial charge in [-0.25, -0.2) is 4.79 Å². The van der Waals surface area contributed by atoms with Crippen molar-refractivity contribution in [3.05, 3.63) is 57.9 Å². The van der Waals surface area contributed by atoms with E-state index in [0.29, 0.717) is 21.1 Å². The minimum absolute atomic E-state index is 0.449. The SMILES string of the molecule is C[C@H](OC(=O)/C=C/c1ccc(Br)o1)C(=O)Nc1cccc(Cl)c1. The van der Waals surface area contributed by atoms with Gasteiger partial charge in [-0.3, -0.25) is 4.79 Å². The lowest BCUT2D eigenvalue weighted by molar-refractivity contribution is -0.148. The number of hydrogen-bond donors (Lipinski definition) is 1. The quantitative estimate of drug-likeness (QED) is 0.603. The average Bonchev–Trinajstić information content (AvgIpc) is 2.90. The van der Waals surface area contributed by atoms with Crippen molar-refractivity contribution in [2.75, 3.05) is 5.32 Å². The van der Waals surface area contributed by atoms with Crippen LogP contribution in [0.2, 0.25) is 5.02 Å². The van der Waals surface area contributed by atoms with Crippen molar-refractivity contribution in [1.29, 1.82) is 0 Å². The van der Waals surface area contributed by atoms with E-state index in [1.54, 1.807) is 36.4 Å². The highest BCUT2D eigenvalue weighted by Crippen LogP contribution is 2.16. The van der Waals surface area contributed by atoms with Crippen LogP contribution in [0.3, 0.4) is 0 Å². The second kappa shape index (κ2) is 7.99. The molecule has 2 aromatic rings. The van der Waals surface area contributed by atoms with E-state index in [-0.39, 0.29) is 0 Å². The molecule has 0 spiro atoms. The van der Waals surface area contributed by atoms with Crippen LogP contribution in [0.4, 0.5) is 5.69 Å². The van der Waals surface area contributed by atoms with Gasteiger partial charge in [0.1, 0.15) is 5.76 Å². The van der Waals surface area contributed by atoms with Gasteiger partial charge in [0.2, 0.25) is 0 Å². The van der Waals surface area contributed by atoms with Crippen LogP contribution in [0.15, 0.2) is 51.6 Å². The van der Waals surface area contributed by atoms with Crippen LogP contribution in [0.25, 0.3) is 6.08 Å². The number of carbonyl (C=O) groups is 2. The summed E-state index contributed by atoms with van der Waals surface area (Å²) in [5.41, 5.74) is 0.529. The van der Waals surface area contributed by atoms with Crippen molar-refractivity contribution in [2.45, 2.75) is 13.0 Å². The molecule has 1 atom stereocenters. The molecule has 1 heterocycles. The van der Waals surface area contributed by atoms with Crippen LogP contribution >= 0.6 is 27.5 Å². The monoisotopic (exact) mass is 397 g/mol. The number of benzene rings is 1. The molecule has 0 unspecified atom stereocenters. The molecule has 7 heteroatoms. The molecule has 0 aliphatic heterocycles. The Morgan fingerprint density at radius 3 is 2.78 bits per heavy atom. The Morgan fingerprint density at radius 1 is 1.35 bits per heavy atom. The van der Waals surface area contributed by atoms with Crippen LogP contribution in [0, 0.1) is 0 Å². The molecule has 1 amide bonds. The maximum atomic E-state index is 12.0. The zero-order chi connectivity index (χ0) is 16.8. The van der Waals surface area contributed by atoms with Crippen molar-refractivity contribution in [3.63, 3.8) is 0 Å². The first-order valence-corrected chi connectivity index (χ1v) is 7.81. The summed E-state index contributed by atoms with van der Waals surface area (Å²) in [4.78, 5) is 23.6. The van der Waals surface area contributed by atoms with E-state index in [1.165, 1.54) is 19.1 Å². The third-order valence-corrected chi connectivity index (χ3v) is 3.39. The lowest BCUT2D eigenvalue weighted by atomic mass is 10.3. The Morgan fingerprint density at radius 2 is 2.13 bits per heavy atom. The van der Waals surface area contributed by atoms with Crippen LogP contribution in [0.1, 0.15) is 12.7 Å². The molecule has 1 aromatic carbocycles. The molecule has 0 fully saturated rings. The average molecular weight is 399 g/mol. The number of rotatable bonds is 5. The van der Waals surface area contributed by atoms with Gasteiger partial charge in [-0.15, -0.1) is 0 Å². The first kappa shape index (κ1) is 17.3. The normalized spacial score (nSPS) is 12.1. The van der Waals surface area contributed by atoms with E-state index in [1.807, 2.05) is 0 Å². The summed E-state index contributed by atoms with van der Waals surface area (Å²) in [6, 6.07) is 10.1. The minimum atomic E-state index is -0.950. The van der Waals surface area contributed by atoms with Gasteiger partial charge < -0.3 is 14.5 Å². The lowest BCUT2D eigenvalue weighted by Gasteiger charge is -2.12. The zero-order valence-corrected chi connectivity index (χ0v) is 14.4. The Hall–Kier alpha value is -2.05. The Kier molecular flexibility index (Phi) is 6.01. The number of furan rings is 1. The van der Waals surface area contributed by atoms with Crippen LogP contribution in [-0.4, -0.2) is 18.0 Å². The highest BCUT2D eigenvalue weighted by atomic mass is 79.9. The summed E-state index contributed by atoms with van der Waals surface area (Å²) in [7, 11) is 0. The molecule has 23 heavy (non-hydrogen) atoms. The predicted molar refractivity (Wildman–Crippen MR) is 91.1 cm³/mol. The number of carbonyl (C=O) groups excluding carboxylic acids is 2. The van der Waals surface area contributed by atoms with Crippen molar-refractivity contribution in [2.24, 2.45) is 0 Å². The number of halogens is 2. The third kappa shape index (κ3) is 5.58. The molecule has 1 aromatic heterocycles. The van der Waals surface area contributed by atoms with E-state index in [0.717, 1.165) is 0 Å². The Balaban J connectivity index is 1.87. The van der Waals surface area contributed by atoms with Gasteiger partial charge in [0.15, 0.2) is 10.8 Å². The second-order valence-corrected chi connectivity index (χ2v) is 5.77. The number of ether oxygens (including phenoxy) is 1. The molecule has 0 saturated heterocycles. The van der Waals surface area contributed by atoms with Gasteiger partial charge in [-0.1, -0.05) is 17.7 Å². The first-order chi connectivity index (χ1) is 10.9. The molecular weight excluding hydrogens is 386 g/mol. The zero-order valence-electron chi connectivity index (χ0n) is 12.1. The fourth-order valence-electron chi connectivity index (χ4n) is 1.65. The maximum absolute atomic E-state index is 12.0. The smallest absolute Gasteiger partial charge is 0.331 e. The summed E-state index contributed by atoms with van der Waals surface area (Å²) in [5, 5.41) is 3.12. The predicted octanol–water partition coefficient (Wildman–Crippen LogP) is 4.28. The van der Waals surface area contributed by atoms with Gasteiger partial charge in [-0.05, 0) is 59.3 Å². The van der Waals surface area contributed by atoms with Gasteiger partial charge >= 0.3 is 5.97 Å². The minimum Gasteiger partial charge on any atom is -0.450 e. The Bertz CT molecular complexity index is 741. The van der Waals surface area contributed by atoms with Gasteiger partial charge in [0.25, 0.3) is 5.91 Å². The number of esters is 1. The summed E-state index contributed by atoms with van der Waals surface area (Å²) in [5.74, 6) is -0.606. The fourth-order valence-corrected chi connectivity index (χ4v) is 2.15. The maximum Gasteiger partial charge on any atom is 0.331 e. The highest BCUT2D eigenvalue weighted by Gasteiger charge is 2.16. The van der Waals surface area contributed by atoms with Gasteiger partial charge in [0.05, 0.1) is 0 Å². The molecule has 5 nitrogen and oxygen atoms in total. The number of anilines is 1. The standard InChI is InChI=1S/C16H13BrClNO4/c1-10(16(21)19-12-4-2-3-11(18)9-12)22-15(20)8-6-13-5-7-14(17)23-13/h2-10H,1H3,(H,19,21)/b8-6+/t10-/m0/s1. The van der Waals surface area contributed by atoms with Crippen molar-refractivity contribution >= 4 is 51.2 Å². The molecule has 0 aliphatic rings. The van der Waals surface area contributed by atoms with Gasteiger partial charge in [0, 0.05) is 16.8 Å². The Labute approximate surface area is 146 Å². The van der Waals surface area contributed by atoms with Crippen LogP contribution in [0.5, 0.6) is 0 Å². The third-order valence-electron chi connectivity index (χ3n) is 2.73. The first-order valence-electron chi connectivity index (χ1n) is 6.64. The van der Waals surface area contributed by atoms with Crippen LogP contribution in [-0.2, 0) is 14.3 Å². The summed E-state index contributed by atoms with van der Waals surface area (Å²) >= 11 is 8.99. The second-order valence-electron chi connectivity index (χ2n) is 4.55. The number of amides is 1. The summed E-state index contributed by atoms with van der Waals surface area (Å²) in [6.07, 6.45) is 1.69. The lowest BCUT2D eigenvalue weighted by Crippen LogP contribution is -2.29. The molecule has 0 aliphatic carbocycles. The molecule has 1 N–H and O–H groups in total. The van der Waals surface area contributed by atoms with Crippen molar-refractivity contribution in [1.82, 2.24) is 0 Å². The topological polar surface area (TPSA) is 68.5 Å². The largest absolute Gasteiger partial charge is 0.450 e. The van der Waals surface area contributed by atoms with Crippen LogP contribution < -0.4 is 5.32 Å². The molecule has 120 valence electrons. The molecule has 0 saturated carbocycles. The number of nitrogens with one attached hydrogen (secondary N) is 1. The van der Waals surface area contributed by atoms with E-state index < -0.39 is 18.0 Å². The fraction of sp³-hybridized carbons (Fsp3) is 0.125. The number of hydrogen-bond acceptors (Lipinski definition) is 4. The van der Waals surface area contributed by atoms with E-state index in [4.69, 9.17) is 20.8 Å².